The number of fused-ring (bicyclic) bond motifs is 2. The number of para-hydroxylation sites is 1. The Kier molecular flexibility index (Phi) is 7.71. The molecule has 4 radical (unpaired) electrons. The van der Waals surface area contributed by atoms with Crippen molar-refractivity contribution in [3.8, 4) is 11.3 Å². The number of amides is 1. The van der Waals surface area contributed by atoms with Crippen LogP contribution in [-0.4, -0.2) is 24.3 Å². The summed E-state index contributed by atoms with van der Waals surface area (Å²) < 4.78 is 0. The molecule has 0 atom stereocenters. The fraction of sp³-hybridized carbons (Fsp3) is 0.167. The van der Waals surface area contributed by atoms with Gasteiger partial charge in [0.05, 0.1) is 0 Å². The van der Waals surface area contributed by atoms with Gasteiger partial charge in [-0.1, -0.05) is 26.0 Å². The Morgan fingerprint density at radius 2 is 1.80 bits per heavy atom. The number of aromatic nitrogens is 2. The minimum absolute atomic E-state index is 0. The summed E-state index contributed by atoms with van der Waals surface area (Å²) in [6.07, 6.45) is 0. The van der Waals surface area contributed by atoms with Crippen molar-refractivity contribution in [1.82, 2.24) is 15.3 Å². The van der Waals surface area contributed by atoms with Gasteiger partial charge in [-0.25, -0.2) is 0 Å². The third-order valence-electron chi connectivity index (χ3n) is 3.62. The quantitative estimate of drug-likeness (QED) is 0.481. The molecule has 0 fully saturated rings. The zero-order valence-corrected chi connectivity index (χ0v) is 16.9. The number of H-pyrrole nitrogens is 1. The molecule has 1 aliphatic rings. The van der Waals surface area contributed by atoms with Gasteiger partial charge in [-0.3, -0.25) is 14.6 Å². The smallest absolute Gasteiger partial charge is 0.264 e. The monoisotopic (exact) mass is 406 g/mol. The van der Waals surface area contributed by atoms with Crippen LogP contribution in [0.4, 0.5) is 0 Å². The molecule has 4 rings (SSSR count). The van der Waals surface area contributed by atoms with Crippen LogP contribution < -0.4 is 10.9 Å². The Bertz CT molecular complexity index is 956. The predicted octanol–water partition coefficient (Wildman–Crippen LogP) is 2.28. The van der Waals surface area contributed by atoms with Crippen molar-refractivity contribution < 1.29 is 37.5 Å². The molecule has 1 amide bonds. The first-order valence-corrected chi connectivity index (χ1v) is 7.55. The predicted molar refractivity (Wildman–Crippen MR) is 94.9 cm³/mol. The van der Waals surface area contributed by atoms with Gasteiger partial charge in [0.2, 0.25) is 0 Å². The standard InChI is InChI=1S/C16H10N3O2.C2H6.B.Y/c20-15-10-5-3-4-9(11(10)8-17-15)14-16(21)19-13-7-2-1-6-12(13)18-14;1-2;;/h1-5,7H,8H2,(H,17,20)(H,19,21);1-2H3;;/q-1;;;. The van der Waals surface area contributed by atoms with Crippen molar-refractivity contribution >= 4 is 25.4 Å². The molecule has 2 heterocycles. The molecule has 1 aromatic heterocycles. The molecule has 25 heavy (non-hydrogen) atoms. The van der Waals surface area contributed by atoms with Crippen LogP contribution >= 0.6 is 0 Å². The molecule has 0 spiro atoms. The molecule has 0 unspecified atom stereocenters. The number of hydrogen-bond donors (Lipinski definition) is 2. The second-order valence-corrected chi connectivity index (χ2v) is 4.86. The summed E-state index contributed by atoms with van der Waals surface area (Å²) in [6, 6.07) is 13.7. The Morgan fingerprint density at radius 3 is 2.56 bits per heavy atom. The molecule has 0 bridgehead atoms. The van der Waals surface area contributed by atoms with E-state index in [1.165, 1.54) is 0 Å². The molecule has 122 valence electrons. The molecule has 0 saturated heterocycles. The summed E-state index contributed by atoms with van der Waals surface area (Å²) in [5.41, 5.74) is 3.40. The fourth-order valence-electron chi connectivity index (χ4n) is 2.62. The average Bonchev–Trinajstić information content (AvgIpc) is 2.98. The minimum atomic E-state index is -0.269. The maximum atomic E-state index is 12.3. The molecule has 0 saturated carbocycles. The molecule has 5 nitrogen and oxygen atoms in total. The zero-order valence-electron chi connectivity index (χ0n) is 14.1. The number of hydrogen-bond acceptors (Lipinski definition) is 3. The molecule has 0 aliphatic carbocycles. The Hall–Kier alpha value is -1.78. The van der Waals surface area contributed by atoms with E-state index < -0.39 is 0 Å². The largest absolute Gasteiger partial charge is 0.372 e. The van der Waals surface area contributed by atoms with Crippen LogP contribution in [0.5, 0.6) is 0 Å². The van der Waals surface area contributed by atoms with Crippen LogP contribution in [0.1, 0.15) is 29.8 Å². The summed E-state index contributed by atoms with van der Waals surface area (Å²) in [5, 5.41) is 2.76. The Balaban J connectivity index is 0.000000755. The van der Waals surface area contributed by atoms with Crippen LogP contribution in [0.3, 0.4) is 0 Å². The van der Waals surface area contributed by atoms with Crippen LogP contribution in [0.25, 0.3) is 22.3 Å². The van der Waals surface area contributed by atoms with Crippen LogP contribution in [0, 0.1) is 6.07 Å². The summed E-state index contributed by atoms with van der Waals surface area (Å²) in [7, 11) is 0. The van der Waals surface area contributed by atoms with Gasteiger partial charge in [-0.05, 0) is 22.7 Å². The second kappa shape index (κ2) is 9.07. The third kappa shape index (κ3) is 3.91. The van der Waals surface area contributed by atoms with Gasteiger partial charge in [0.1, 0.15) is 5.69 Å². The Labute approximate surface area is 173 Å². The van der Waals surface area contributed by atoms with E-state index in [0.29, 0.717) is 34.4 Å². The first kappa shape index (κ1) is 21.3. The van der Waals surface area contributed by atoms with E-state index in [9.17, 15) is 9.59 Å². The molecule has 3 aromatic rings. The molecule has 2 aromatic carbocycles. The van der Waals surface area contributed by atoms with Gasteiger partial charge in [-0.2, -0.15) is 18.2 Å². The number of nitrogens with zero attached hydrogens (tertiary/aromatic N) is 1. The van der Waals surface area contributed by atoms with Crippen molar-refractivity contribution in [1.29, 1.82) is 0 Å². The van der Waals surface area contributed by atoms with Crippen molar-refractivity contribution in [2.75, 3.05) is 0 Å². The van der Waals surface area contributed by atoms with Crippen molar-refractivity contribution in [3.05, 3.63) is 63.9 Å². The summed E-state index contributed by atoms with van der Waals surface area (Å²) in [6.45, 7) is 4.42. The van der Waals surface area contributed by atoms with Gasteiger partial charge in [0, 0.05) is 58.8 Å². The number of nitrogens with one attached hydrogen (secondary N) is 2. The van der Waals surface area contributed by atoms with Crippen LogP contribution in [0.2, 0.25) is 0 Å². The van der Waals surface area contributed by atoms with E-state index in [1.54, 1.807) is 30.3 Å². The van der Waals surface area contributed by atoms with Crippen LogP contribution in [0.15, 0.2) is 41.2 Å². The SMILES string of the molecule is CC.O=C1NCc2c1cccc2-c1nc2[c-]cccc2[nH]c1=O.[B].[Y]. The number of benzene rings is 2. The number of aromatic amines is 1. The molecular weight excluding hydrogens is 390 g/mol. The van der Waals surface area contributed by atoms with Gasteiger partial charge in [-0.15, -0.1) is 6.07 Å². The first-order chi connectivity index (χ1) is 11.2. The summed E-state index contributed by atoms with van der Waals surface area (Å²) >= 11 is 0. The maximum Gasteiger partial charge on any atom is 0.264 e. The maximum absolute atomic E-state index is 12.3. The van der Waals surface area contributed by atoms with E-state index in [2.05, 4.69) is 21.4 Å². The van der Waals surface area contributed by atoms with E-state index in [-0.39, 0.29) is 52.6 Å². The number of rotatable bonds is 1. The Morgan fingerprint density at radius 1 is 1.08 bits per heavy atom. The minimum Gasteiger partial charge on any atom is -0.372 e. The second-order valence-electron chi connectivity index (χ2n) is 4.86. The molecular formula is C18H16BN3O2Y-. The van der Waals surface area contributed by atoms with Crippen molar-refractivity contribution in [2.24, 2.45) is 0 Å². The first-order valence-electron chi connectivity index (χ1n) is 7.55. The van der Waals surface area contributed by atoms with E-state index in [0.717, 1.165) is 5.56 Å². The number of carbonyl (C=O) groups is 1. The van der Waals surface area contributed by atoms with Gasteiger partial charge >= 0.3 is 0 Å². The third-order valence-corrected chi connectivity index (χ3v) is 3.62. The van der Waals surface area contributed by atoms with Gasteiger partial charge in [0.25, 0.3) is 11.5 Å². The molecule has 1 aliphatic heterocycles. The van der Waals surface area contributed by atoms with Crippen molar-refractivity contribution in [3.63, 3.8) is 0 Å². The average molecular weight is 406 g/mol. The molecule has 7 heteroatoms. The molecule has 2 N–H and O–H groups in total. The number of carbonyl (C=O) groups excluding carboxylic acids is 1. The van der Waals surface area contributed by atoms with E-state index in [4.69, 9.17) is 0 Å². The van der Waals surface area contributed by atoms with E-state index in [1.807, 2.05) is 19.9 Å². The fourth-order valence-corrected chi connectivity index (χ4v) is 2.62. The topological polar surface area (TPSA) is 74.8 Å². The van der Waals surface area contributed by atoms with Gasteiger partial charge < -0.3 is 10.3 Å². The summed E-state index contributed by atoms with van der Waals surface area (Å²) in [4.78, 5) is 31.2. The normalized spacial score (nSPS) is 11.4. The van der Waals surface area contributed by atoms with Crippen molar-refractivity contribution in [2.45, 2.75) is 20.4 Å². The summed E-state index contributed by atoms with van der Waals surface area (Å²) in [5.74, 6) is -0.115. The zero-order chi connectivity index (χ0) is 16.4. The van der Waals surface area contributed by atoms with Gasteiger partial charge in [0.15, 0.2) is 0 Å². The van der Waals surface area contributed by atoms with Crippen LogP contribution in [-0.2, 0) is 39.3 Å². The van der Waals surface area contributed by atoms with E-state index >= 15 is 0 Å².